The predicted octanol–water partition coefficient (Wildman–Crippen LogP) is 4.55. The molecule has 0 aliphatic heterocycles. The molecule has 0 spiro atoms. The maximum atomic E-state index is 10.4. The average molecular weight is 345 g/mol. The fraction of sp³-hybridized carbons (Fsp3) is 0.273. The first kappa shape index (κ1) is 17.1. The van der Waals surface area contributed by atoms with Gasteiger partial charge in [0, 0.05) is 16.2 Å². The zero-order valence-electron chi connectivity index (χ0n) is 15.5. The van der Waals surface area contributed by atoms with Crippen LogP contribution in [-0.2, 0) is 4.65 Å². The van der Waals surface area contributed by atoms with Gasteiger partial charge in [0.1, 0.15) is 11.2 Å². The van der Waals surface area contributed by atoms with Crippen LogP contribution in [0.3, 0.4) is 0 Å². The standard InChI is InChI=1S/C22H22BO3/c1-21(2,24)22(3,4)26-23-17-13-14-9-5-6-10-15(14)20-19(17)16-11-7-8-12-18(16)25-20/h5-13,24H,1-4H3. The van der Waals surface area contributed by atoms with Crippen molar-refractivity contribution in [3.8, 4) is 0 Å². The number of furan rings is 1. The highest BCUT2D eigenvalue weighted by atomic mass is 16.5. The van der Waals surface area contributed by atoms with Crippen molar-refractivity contribution >= 4 is 45.7 Å². The van der Waals surface area contributed by atoms with E-state index in [0.717, 1.165) is 38.2 Å². The van der Waals surface area contributed by atoms with Gasteiger partial charge in [-0.15, -0.1) is 0 Å². The van der Waals surface area contributed by atoms with Crippen molar-refractivity contribution in [2.75, 3.05) is 0 Å². The molecule has 0 bridgehead atoms. The topological polar surface area (TPSA) is 42.6 Å². The Morgan fingerprint density at radius 2 is 1.58 bits per heavy atom. The molecular formula is C22H22BO3. The minimum Gasteiger partial charge on any atom is -0.455 e. The Morgan fingerprint density at radius 1 is 0.923 bits per heavy atom. The molecule has 0 saturated carbocycles. The van der Waals surface area contributed by atoms with E-state index < -0.39 is 11.2 Å². The van der Waals surface area contributed by atoms with E-state index in [4.69, 9.17) is 9.07 Å². The molecule has 26 heavy (non-hydrogen) atoms. The zero-order valence-corrected chi connectivity index (χ0v) is 15.5. The van der Waals surface area contributed by atoms with Gasteiger partial charge in [0.2, 0.25) is 0 Å². The number of hydrogen-bond donors (Lipinski definition) is 1. The summed E-state index contributed by atoms with van der Waals surface area (Å²) >= 11 is 0. The molecule has 0 amide bonds. The maximum Gasteiger partial charge on any atom is 0.331 e. The second-order valence-electron chi connectivity index (χ2n) is 7.79. The lowest BCUT2D eigenvalue weighted by atomic mass is 9.79. The van der Waals surface area contributed by atoms with E-state index in [-0.39, 0.29) is 0 Å². The van der Waals surface area contributed by atoms with Gasteiger partial charge in [0.15, 0.2) is 0 Å². The molecule has 0 saturated heterocycles. The first-order valence-electron chi connectivity index (χ1n) is 8.84. The van der Waals surface area contributed by atoms with Gasteiger partial charge in [-0.25, -0.2) is 0 Å². The van der Waals surface area contributed by atoms with Crippen LogP contribution in [0.25, 0.3) is 32.7 Å². The number of para-hydroxylation sites is 1. The molecule has 0 fully saturated rings. The molecule has 0 aliphatic carbocycles. The minimum atomic E-state index is -0.974. The smallest absolute Gasteiger partial charge is 0.331 e. The van der Waals surface area contributed by atoms with Crippen LogP contribution in [0.15, 0.2) is 59.0 Å². The lowest BCUT2D eigenvalue weighted by Crippen LogP contribution is -2.49. The molecule has 0 unspecified atom stereocenters. The highest BCUT2D eigenvalue weighted by Gasteiger charge is 2.36. The molecule has 131 valence electrons. The normalized spacial score (nSPS) is 13.0. The average Bonchev–Trinajstić information content (AvgIpc) is 2.99. The molecule has 0 aliphatic rings. The fourth-order valence-corrected chi connectivity index (χ4v) is 3.04. The number of hydrogen-bond acceptors (Lipinski definition) is 3. The van der Waals surface area contributed by atoms with E-state index >= 15 is 0 Å². The van der Waals surface area contributed by atoms with E-state index in [1.54, 1.807) is 21.3 Å². The number of fused-ring (bicyclic) bond motifs is 5. The fourth-order valence-electron chi connectivity index (χ4n) is 3.04. The van der Waals surface area contributed by atoms with Crippen molar-refractivity contribution in [2.45, 2.75) is 38.9 Å². The van der Waals surface area contributed by atoms with Gasteiger partial charge in [-0.05, 0) is 44.6 Å². The van der Waals surface area contributed by atoms with Crippen molar-refractivity contribution in [1.29, 1.82) is 0 Å². The molecule has 1 heterocycles. The van der Waals surface area contributed by atoms with E-state index in [0.29, 0.717) is 0 Å². The SMILES string of the molecule is CC(C)(O)C(C)(C)O[B]c1cc2ccccc2c2oc3ccccc3c12. The molecule has 0 atom stereocenters. The number of rotatable bonds is 4. The van der Waals surface area contributed by atoms with Gasteiger partial charge in [-0.1, -0.05) is 48.5 Å². The van der Waals surface area contributed by atoms with Crippen molar-refractivity contribution in [3.05, 3.63) is 54.6 Å². The van der Waals surface area contributed by atoms with Gasteiger partial charge in [0.05, 0.1) is 11.2 Å². The van der Waals surface area contributed by atoms with Gasteiger partial charge in [-0.2, -0.15) is 0 Å². The van der Waals surface area contributed by atoms with E-state index in [9.17, 15) is 5.11 Å². The predicted molar refractivity (Wildman–Crippen MR) is 108 cm³/mol. The largest absolute Gasteiger partial charge is 0.455 e. The summed E-state index contributed by atoms with van der Waals surface area (Å²) in [4.78, 5) is 0. The van der Waals surface area contributed by atoms with Crippen LogP contribution in [0.1, 0.15) is 27.7 Å². The van der Waals surface area contributed by atoms with E-state index in [2.05, 4.69) is 24.3 Å². The lowest BCUT2D eigenvalue weighted by Gasteiger charge is -2.37. The Labute approximate surface area is 153 Å². The van der Waals surface area contributed by atoms with Crippen molar-refractivity contribution in [2.24, 2.45) is 0 Å². The molecule has 4 heteroatoms. The molecule has 1 aromatic heterocycles. The van der Waals surface area contributed by atoms with Crippen LogP contribution < -0.4 is 5.46 Å². The Kier molecular flexibility index (Phi) is 3.87. The quantitative estimate of drug-likeness (QED) is 0.552. The first-order valence-corrected chi connectivity index (χ1v) is 8.84. The van der Waals surface area contributed by atoms with Crippen LogP contribution >= 0.6 is 0 Å². The molecule has 1 radical (unpaired) electrons. The van der Waals surface area contributed by atoms with Crippen molar-refractivity contribution in [1.82, 2.24) is 0 Å². The summed E-state index contributed by atoms with van der Waals surface area (Å²) < 4.78 is 12.2. The van der Waals surface area contributed by atoms with Crippen molar-refractivity contribution < 1.29 is 14.2 Å². The number of benzene rings is 3. The van der Waals surface area contributed by atoms with Crippen LogP contribution in [0.2, 0.25) is 0 Å². The third kappa shape index (κ3) is 2.70. The molecular weight excluding hydrogens is 323 g/mol. The van der Waals surface area contributed by atoms with Crippen LogP contribution in [-0.4, -0.2) is 23.8 Å². The van der Waals surface area contributed by atoms with Crippen LogP contribution in [0.5, 0.6) is 0 Å². The lowest BCUT2D eigenvalue weighted by molar-refractivity contribution is -0.0893. The maximum absolute atomic E-state index is 10.4. The molecule has 1 N–H and O–H groups in total. The van der Waals surface area contributed by atoms with E-state index in [1.807, 2.05) is 44.2 Å². The third-order valence-electron chi connectivity index (χ3n) is 5.35. The van der Waals surface area contributed by atoms with Gasteiger partial charge >= 0.3 is 7.48 Å². The Balaban J connectivity index is 1.92. The summed E-state index contributed by atoms with van der Waals surface area (Å²) in [5, 5.41) is 14.6. The monoisotopic (exact) mass is 345 g/mol. The third-order valence-corrected chi connectivity index (χ3v) is 5.35. The zero-order chi connectivity index (χ0) is 18.5. The summed E-state index contributed by atoms with van der Waals surface area (Å²) in [5.74, 6) is 0. The second-order valence-corrected chi connectivity index (χ2v) is 7.79. The Hall–Kier alpha value is -2.30. The summed E-state index contributed by atoms with van der Waals surface area (Å²) in [7, 11) is 1.74. The second kappa shape index (κ2) is 5.87. The summed E-state index contributed by atoms with van der Waals surface area (Å²) in [6, 6.07) is 18.3. The van der Waals surface area contributed by atoms with Gasteiger partial charge < -0.3 is 14.2 Å². The van der Waals surface area contributed by atoms with E-state index in [1.165, 1.54) is 0 Å². The summed E-state index contributed by atoms with van der Waals surface area (Å²) in [5.41, 5.74) is 0.957. The molecule has 3 nitrogen and oxygen atoms in total. The number of aliphatic hydroxyl groups is 1. The highest BCUT2D eigenvalue weighted by Crippen LogP contribution is 2.33. The molecule has 4 rings (SSSR count). The van der Waals surface area contributed by atoms with Crippen LogP contribution in [0.4, 0.5) is 0 Å². The summed E-state index contributed by atoms with van der Waals surface area (Å²) in [6.07, 6.45) is 0. The van der Waals surface area contributed by atoms with Gasteiger partial charge in [0.25, 0.3) is 0 Å². The Bertz CT molecular complexity index is 1100. The molecule has 4 aromatic rings. The highest BCUT2D eigenvalue weighted by molar-refractivity contribution is 6.54. The first-order chi connectivity index (χ1) is 12.3. The van der Waals surface area contributed by atoms with Crippen molar-refractivity contribution in [3.63, 3.8) is 0 Å². The van der Waals surface area contributed by atoms with Crippen LogP contribution in [0, 0.1) is 0 Å². The summed E-state index contributed by atoms with van der Waals surface area (Å²) in [6.45, 7) is 7.28. The minimum absolute atomic E-state index is 0.732. The van der Waals surface area contributed by atoms with Gasteiger partial charge in [-0.3, -0.25) is 0 Å². The molecule has 3 aromatic carbocycles. The Morgan fingerprint density at radius 3 is 2.31 bits per heavy atom.